The summed E-state index contributed by atoms with van der Waals surface area (Å²) < 4.78 is 0. The minimum atomic E-state index is 0.594. The summed E-state index contributed by atoms with van der Waals surface area (Å²) in [6, 6.07) is 11.3. The third-order valence-electron chi connectivity index (χ3n) is 3.36. The van der Waals surface area contributed by atoms with E-state index in [9.17, 15) is 0 Å². The van der Waals surface area contributed by atoms with Crippen LogP contribution in [0.1, 0.15) is 0 Å². The van der Waals surface area contributed by atoms with Gasteiger partial charge in [0.2, 0.25) is 5.13 Å². The van der Waals surface area contributed by atoms with Crippen LogP contribution in [0, 0.1) is 0 Å². The van der Waals surface area contributed by atoms with Gasteiger partial charge < -0.3 is 11.1 Å². The Bertz CT molecular complexity index is 992. The number of H-pyrrole nitrogens is 1. The van der Waals surface area contributed by atoms with Crippen LogP contribution in [-0.4, -0.2) is 20.4 Å². The zero-order chi connectivity index (χ0) is 15.8. The quantitative estimate of drug-likeness (QED) is 0.488. The number of anilines is 3. The number of aromatic nitrogens is 4. The predicted molar refractivity (Wildman–Crippen MR) is 94.1 cm³/mol. The summed E-state index contributed by atoms with van der Waals surface area (Å²) in [7, 11) is 0. The molecule has 4 rings (SSSR count). The minimum absolute atomic E-state index is 0.594. The summed E-state index contributed by atoms with van der Waals surface area (Å²) in [4.78, 5) is 0. The number of nitrogens with one attached hydrogen (secondary N) is 2. The third-order valence-corrected chi connectivity index (χ3v) is 4.65. The van der Waals surface area contributed by atoms with E-state index in [2.05, 4.69) is 25.7 Å². The second kappa shape index (κ2) is 5.53. The molecule has 0 aliphatic rings. The van der Waals surface area contributed by atoms with Crippen molar-refractivity contribution in [1.82, 2.24) is 20.4 Å². The van der Waals surface area contributed by atoms with Gasteiger partial charge in [0.25, 0.3) is 0 Å². The van der Waals surface area contributed by atoms with Gasteiger partial charge in [-0.15, -0.1) is 10.2 Å². The molecule has 6 nitrogen and oxygen atoms in total. The van der Waals surface area contributed by atoms with E-state index in [0.29, 0.717) is 15.8 Å². The number of nitrogens with two attached hydrogens (primary N) is 1. The minimum Gasteiger partial charge on any atom is -0.399 e. The largest absolute Gasteiger partial charge is 0.399 e. The van der Waals surface area contributed by atoms with Crippen LogP contribution in [0.3, 0.4) is 0 Å². The Hall–Kier alpha value is -2.64. The fourth-order valence-corrected chi connectivity index (χ4v) is 3.27. The second-order valence-corrected chi connectivity index (χ2v) is 6.28. The van der Waals surface area contributed by atoms with Crippen LogP contribution in [0.25, 0.3) is 21.5 Å². The van der Waals surface area contributed by atoms with E-state index in [1.165, 1.54) is 11.3 Å². The highest BCUT2D eigenvalue weighted by molar-refractivity contribution is 7.18. The number of benzene rings is 2. The number of aromatic amines is 1. The summed E-state index contributed by atoms with van der Waals surface area (Å²) in [6.45, 7) is 0. The first kappa shape index (κ1) is 14.0. The summed E-state index contributed by atoms with van der Waals surface area (Å²) in [6.07, 6.45) is 1.70. The monoisotopic (exact) mass is 342 g/mol. The molecule has 2 heterocycles. The molecule has 0 saturated carbocycles. The maximum atomic E-state index is 6.39. The van der Waals surface area contributed by atoms with Crippen molar-refractivity contribution in [2.24, 2.45) is 0 Å². The predicted octanol–water partition coefficient (Wildman–Crippen LogP) is 4.06. The summed E-state index contributed by atoms with van der Waals surface area (Å²) >= 11 is 7.83. The lowest BCUT2D eigenvalue weighted by Crippen LogP contribution is -1.90. The van der Waals surface area contributed by atoms with Crippen molar-refractivity contribution in [3.05, 3.63) is 47.6 Å². The molecule has 8 heteroatoms. The first-order chi connectivity index (χ1) is 11.2. The normalized spacial score (nSPS) is 11.0. The van der Waals surface area contributed by atoms with Crippen LogP contribution in [0.5, 0.6) is 0 Å². The van der Waals surface area contributed by atoms with Crippen molar-refractivity contribution in [1.29, 1.82) is 0 Å². The Labute approximate surface area is 140 Å². The van der Waals surface area contributed by atoms with Crippen molar-refractivity contribution >= 4 is 50.3 Å². The number of nitrogens with zero attached hydrogens (tertiary/aromatic N) is 3. The molecule has 2 aromatic heterocycles. The van der Waals surface area contributed by atoms with E-state index in [1.807, 2.05) is 36.4 Å². The highest BCUT2D eigenvalue weighted by atomic mass is 35.5. The molecule has 0 spiro atoms. The van der Waals surface area contributed by atoms with E-state index in [0.717, 1.165) is 27.2 Å². The van der Waals surface area contributed by atoms with Crippen LogP contribution in [0.15, 0.2) is 42.6 Å². The summed E-state index contributed by atoms with van der Waals surface area (Å²) in [5, 5.41) is 21.3. The van der Waals surface area contributed by atoms with Gasteiger partial charge >= 0.3 is 0 Å². The fraction of sp³-hybridized carbons (Fsp3) is 0. The van der Waals surface area contributed by atoms with Gasteiger partial charge in [0.15, 0.2) is 0 Å². The topological polar surface area (TPSA) is 92.5 Å². The Balaban J connectivity index is 1.65. The Kier molecular flexibility index (Phi) is 3.36. The average molecular weight is 343 g/mol. The Morgan fingerprint density at radius 1 is 1.17 bits per heavy atom. The lowest BCUT2D eigenvalue weighted by atomic mass is 10.2. The van der Waals surface area contributed by atoms with Crippen molar-refractivity contribution in [3.8, 4) is 10.6 Å². The van der Waals surface area contributed by atoms with E-state index < -0.39 is 0 Å². The highest BCUT2D eigenvalue weighted by Gasteiger charge is 2.11. The van der Waals surface area contributed by atoms with Crippen LogP contribution in [-0.2, 0) is 0 Å². The number of fused-ring (bicyclic) bond motifs is 1. The van der Waals surface area contributed by atoms with Crippen LogP contribution in [0.4, 0.5) is 16.5 Å². The third kappa shape index (κ3) is 2.60. The molecule has 114 valence electrons. The molecule has 0 radical (unpaired) electrons. The van der Waals surface area contributed by atoms with E-state index in [4.69, 9.17) is 17.3 Å². The molecule has 0 amide bonds. The molecule has 0 aliphatic carbocycles. The summed E-state index contributed by atoms with van der Waals surface area (Å²) in [5.74, 6) is 0. The van der Waals surface area contributed by atoms with E-state index in [-0.39, 0.29) is 0 Å². The maximum Gasteiger partial charge on any atom is 0.210 e. The lowest BCUT2D eigenvalue weighted by Gasteiger charge is -2.05. The van der Waals surface area contributed by atoms with Crippen molar-refractivity contribution in [2.75, 3.05) is 11.1 Å². The first-order valence-electron chi connectivity index (χ1n) is 6.79. The molecule has 0 atom stereocenters. The number of rotatable bonds is 3. The van der Waals surface area contributed by atoms with Gasteiger partial charge in [0.1, 0.15) is 5.01 Å². The standard InChI is InChI=1S/C15H11ClN6S/c16-13-10-7-18-20-11(10)4-5-12(13)19-15-22-21-14(23-15)8-2-1-3-9(17)6-8/h1-7H,17H2,(H,18,20)(H,19,22). The number of halogens is 1. The molecule has 0 unspecified atom stereocenters. The van der Waals surface area contributed by atoms with Gasteiger partial charge in [-0.05, 0) is 24.3 Å². The van der Waals surface area contributed by atoms with Crippen LogP contribution < -0.4 is 11.1 Å². The lowest BCUT2D eigenvalue weighted by molar-refractivity contribution is 1.10. The molecule has 4 N–H and O–H groups in total. The first-order valence-corrected chi connectivity index (χ1v) is 7.98. The number of hydrogen-bond acceptors (Lipinski definition) is 6. The number of nitrogen functional groups attached to an aromatic ring is 1. The molecular weight excluding hydrogens is 332 g/mol. The molecule has 0 fully saturated rings. The van der Waals surface area contributed by atoms with Gasteiger partial charge in [-0.25, -0.2) is 0 Å². The average Bonchev–Trinajstić information content (AvgIpc) is 3.20. The highest BCUT2D eigenvalue weighted by Crippen LogP contribution is 2.34. The molecule has 0 bridgehead atoms. The fourth-order valence-electron chi connectivity index (χ4n) is 2.26. The van der Waals surface area contributed by atoms with Gasteiger partial charge in [0.05, 0.1) is 22.4 Å². The van der Waals surface area contributed by atoms with Gasteiger partial charge in [0, 0.05) is 16.6 Å². The van der Waals surface area contributed by atoms with Crippen LogP contribution >= 0.6 is 22.9 Å². The zero-order valence-electron chi connectivity index (χ0n) is 11.7. The smallest absolute Gasteiger partial charge is 0.210 e. The van der Waals surface area contributed by atoms with Gasteiger partial charge in [-0.2, -0.15) is 5.10 Å². The van der Waals surface area contributed by atoms with Crippen LogP contribution in [0.2, 0.25) is 5.02 Å². The Morgan fingerprint density at radius 2 is 2.09 bits per heavy atom. The van der Waals surface area contributed by atoms with Crippen molar-refractivity contribution in [2.45, 2.75) is 0 Å². The number of hydrogen-bond donors (Lipinski definition) is 3. The van der Waals surface area contributed by atoms with E-state index in [1.54, 1.807) is 6.20 Å². The molecular formula is C15H11ClN6S. The van der Waals surface area contributed by atoms with Gasteiger partial charge in [-0.1, -0.05) is 35.1 Å². The summed E-state index contributed by atoms with van der Waals surface area (Å²) in [5.41, 5.74) is 9.08. The van der Waals surface area contributed by atoms with Crippen molar-refractivity contribution < 1.29 is 0 Å². The molecule has 0 aliphatic heterocycles. The molecule has 0 saturated heterocycles. The van der Waals surface area contributed by atoms with Crippen molar-refractivity contribution in [3.63, 3.8) is 0 Å². The second-order valence-electron chi connectivity index (χ2n) is 4.92. The SMILES string of the molecule is Nc1cccc(-c2nnc(Nc3ccc4[nH]ncc4c3Cl)s2)c1. The maximum absolute atomic E-state index is 6.39. The van der Waals surface area contributed by atoms with Gasteiger partial charge in [-0.3, -0.25) is 5.10 Å². The molecule has 4 aromatic rings. The zero-order valence-corrected chi connectivity index (χ0v) is 13.3. The Morgan fingerprint density at radius 3 is 2.96 bits per heavy atom. The molecule has 2 aromatic carbocycles. The van der Waals surface area contributed by atoms with E-state index >= 15 is 0 Å². The molecule has 23 heavy (non-hydrogen) atoms.